The Bertz CT molecular complexity index is 669. The Morgan fingerprint density at radius 3 is 2.71 bits per heavy atom. The van der Waals surface area contributed by atoms with E-state index in [0.717, 1.165) is 35.9 Å². The van der Waals surface area contributed by atoms with Gasteiger partial charge in [-0.3, -0.25) is 4.99 Å². The standard InChI is InChI=1S/C17H23ClN6/c1-19-17(21-10-8-13-6-7-15(18)22-11-13)23-12-14-5-4-9-20-16(14)24(2)3/h4-7,9,11H,8,10,12H2,1-3H3,(H2,19,21,23). The van der Waals surface area contributed by atoms with Crippen molar-refractivity contribution >= 4 is 23.4 Å². The molecule has 7 heteroatoms. The van der Waals surface area contributed by atoms with Crippen molar-refractivity contribution in [2.75, 3.05) is 32.6 Å². The van der Waals surface area contributed by atoms with Gasteiger partial charge < -0.3 is 15.5 Å². The van der Waals surface area contributed by atoms with Crippen molar-refractivity contribution < 1.29 is 0 Å². The number of anilines is 1. The molecule has 2 heterocycles. The minimum atomic E-state index is 0.511. The molecule has 0 bridgehead atoms. The van der Waals surface area contributed by atoms with Gasteiger partial charge in [-0.1, -0.05) is 23.7 Å². The highest BCUT2D eigenvalue weighted by molar-refractivity contribution is 6.29. The third-order valence-electron chi connectivity index (χ3n) is 3.46. The molecular weight excluding hydrogens is 324 g/mol. The van der Waals surface area contributed by atoms with Crippen LogP contribution in [0, 0.1) is 0 Å². The summed E-state index contributed by atoms with van der Waals surface area (Å²) in [7, 11) is 5.73. The quantitative estimate of drug-likeness (QED) is 0.476. The van der Waals surface area contributed by atoms with Crippen LogP contribution in [0.5, 0.6) is 0 Å². The number of rotatable bonds is 6. The zero-order chi connectivity index (χ0) is 17.4. The Morgan fingerprint density at radius 1 is 1.21 bits per heavy atom. The second-order valence-electron chi connectivity index (χ2n) is 5.47. The third-order valence-corrected chi connectivity index (χ3v) is 3.68. The number of halogens is 1. The van der Waals surface area contributed by atoms with Gasteiger partial charge >= 0.3 is 0 Å². The van der Waals surface area contributed by atoms with Gasteiger partial charge in [0, 0.05) is 52.2 Å². The van der Waals surface area contributed by atoms with Gasteiger partial charge in [0.2, 0.25) is 0 Å². The van der Waals surface area contributed by atoms with Gasteiger partial charge in [-0.2, -0.15) is 0 Å². The Kier molecular flexibility index (Phi) is 6.81. The second kappa shape index (κ2) is 9.08. The lowest BCUT2D eigenvalue weighted by Crippen LogP contribution is -2.38. The lowest BCUT2D eigenvalue weighted by Gasteiger charge is -2.17. The summed E-state index contributed by atoms with van der Waals surface area (Å²) in [5.41, 5.74) is 2.25. The van der Waals surface area contributed by atoms with Crippen molar-refractivity contribution in [1.82, 2.24) is 20.6 Å². The van der Waals surface area contributed by atoms with Gasteiger partial charge in [0.15, 0.2) is 5.96 Å². The number of aromatic nitrogens is 2. The predicted octanol–water partition coefficient (Wildman–Crippen LogP) is 2.10. The first-order chi connectivity index (χ1) is 11.6. The normalized spacial score (nSPS) is 11.2. The third kappa shape index (κ3) is 5.38. The molecule has 0 amide bonds. The van der Waals surface area contributed by atoms with Gasteiger partial charge in [-0.25, -0.2) is 9.97 Å². The Morgan fingerprint density at radius 2 is 2.04 bits per heavy atom. The molecule has 0 spiro atoms. The van der Waals surface area contributed by atoms with E-state index in [0.29, 0.717) is 11.7 Å². The number of aliphatic imine (C=N–C) groups is 1. The summed E-state index contributed by atoms with van der Waals surface area (Å²) in [6.07, 6.45) is 4.44. The van der Waals surface area contributed by atoms with Crippen LogP contribution in [-0.2, 0) is 13.0 Å². The predicted molar refractivity (Wildman–Crippen MR) is 99.7 cm³/mol. The molecule has 0 saturated heterocycles. The SMILES string of the molecule is CN=C(NCCc1ccc(Cl)nc1)NCc1cccnc1N(C)C. The molecule has 2 rings (SSSR count). The molecule has 0 aliphatic heterocycles. The average Bonchev–Trinajstić information content (AvgIpc) is 2.59. The molecule has 2 aromatic rings. The first-order valence-corrected chi connectivity index (χ1v) is 8.14. The van der Waals surface area contributed by atoms with Gasteiger partial charge in [0.25, 0.3) is 0 Å². The summed E-state index contributed by atoms with van der Waals surface area (Å²) in [5.74, 6) is 1.71. The molecule has 0 aliphatic rings. The molecule has 0 saturated carbocycles. The fourth-order valence-electron chi connectivity index (χ4n) is 2.25. The largest absolute Gasteiger partial charge is 0.362 e. The van der Waals surface area contributed by atoms with Crippen LogP contribution in [0.15, 0.2) is 41.7 Å². The zero-order valence-corrected chi connectivity index (χ0v) is 15.0. The minimum absolute atomic E-state index is 0.511. The molecule has 6 nitrogen and oxygen atoms in total. The van der Waals surface area contributed by atoms with Gasteiger partial charge in [0.05, 0.1) is 0 Å². The first kappa shape index (κ1) is 18.0. The highest BCUT2D eigenvalue weighted by atomic mass is 35.5. The van der Waals surface area contributed by atoms with Crippen molar-refractivity contribution in [2.24, 2.45) is 4.99 Å². The number of nitrogens with zero attached hydrogens (tertiary/aromatic N) is 4. The molecule has 0 aromatic carbocycles. The maximum absolute atomic E-state index is 5.79. The molecule has 2 aromatic heterocycles. The van der Waals surface area contributed by atoms with E-state index in [-0.39, 0.29) is 0 Å². The smallest absolute Gasteiger partial charge is 0.191 e. The van der Waals surface area contributed by atoms with Crippen molar-refractivity contribution in [3.63, 3.8) is 0 Å². The van der Waals surface area contributed by atoms with E-state index in [1.54, 1.807) is 25.5 Å². The zero-order valence-electron chi connectivity index (χ0n) is 14.3. The molecular formula is C17H23ClN6. The summed E-state index contributed by atoms with van der Waals surface area (Å²) in [5, 5.41) is 7.12. The Labute approximate surface area is 148 Å². The van der Waals surface area contributed by atoms with Gasteiger partial charge in [0.1, 0.15) is 11.0 Å². The molecule has 2 N–H and O–H groups in total. The van der Waals surface area contributed by atoms with E-state index in [1.807, 2.05) is 31.1 Å². The fraction of sp³-hybridized carbons (Fsp3) is 0.353. The van der Waals surface area contributed by atoms with Crippen molar-refractivity contribution in [1.29, 1.82) is 0 Å². The molecule has 24 heavy (non-hydrogen) atoms. The van der Waals surface area contributed by atoms with E-state index in [4.69, 9.17) is 11.6 Å². The van der Waals surface area contributed by atoms with Gasteiger partial charge in [-0.15, -0.1) is 0 Å². The number of hydrogen-bond donors (Lipinski definition) is 2. The van der Waals surface area contributed by atoms with Crippen LogP contribution in [0.1, 0.15) is 11.1 Å². The topological polar surface area (TPSA) is 65.4 Å². The Balaban J connectivity index is 1.84. The summed E-state index contributed by atoms with van der Waals surface area (Å²) in [6.45, 7) is 1.42. The van der Waals surface area contributed by atoms with Gasteiger partial charge in [-0.05, 0) is 24.1 Å². The molecule has 0 unspecified atom stereocenters. The van der Waals surface area contributed by atoms with Crippen LogP contribution >= 0.6 is 11.6 Å². The first-order valence-electron chi connectivity index (χ1n) is 7.76. The molecule has 128 valence electrons. The van der Waals surface area contributed by atoms with E-state index in [2.05, 4.69) is 31.7 Å². The maximum atomic E-state index is 5.79. The van der Waals surface area contributed by atoms with Crippen molar-refractivity contribution in [3.05, 3.63) is 52.9 Å². The monoisotopic (exact) mass is 346 g/mol. The minimum Gasteiger partial charge on any atom is -0.362 e. The molecule has 0 fully saturated rings. The van der Waals surface area contributed by atoms with Crippen LogP contribution in [0.4, 0.5) is 5.82 Å². The molecule has 0 radical (unpaired) electrons. The van der Waals surface area contributed by atoms with E-state index in [1.165, 1.54) is 0 Å². The van der Waals surface area contributed by atoms with Crippen LogP contribution in [-0.4, -0.2) is 43.6 Å². The number of nitrogens with one attached hydrogen (secondary N) is 2. The van der Waals surface area contributed by atoms with Crippen molar-refractivity contribution in [3.8, 4) is 0 Å². The average molecular weight is 347 g/mol. The summed E-state index contributed by atoms with van der Waals surface area (Å²) >= 11 is 5.79. The number of hydrogen-bond acceptors (Lipinski definition) is 4. The number of pyridine rings is 2. The summed E-state index contributed by atoms with van der Waals surface area (Å²) < 4.78 is 0. The maximum Gasteiger partial charge on any atom is 0.191 e. The highest BCUT2D eigenvalue weighted by Crippen LogP contribution is 2.13. The number of guanidine groups is 1. The van der Waals surface area contributed by atoms with Crippen LogP contribution in [0.2, 0.25) is 5.15 Å². The highest BCUT2D eigenvalue weighted by Gasteiger charge is 2.06. The van der Waals surface area contributed by atoms with Crippen molar-refractivity contribution in [2.45, 2.75) is 13.0 Å². The molecule has 0 aliphatic carbocycles. The van der Waals surface area contributed by atoms with E-state index in [9.17, 15) is 0 Å². The lowest BCUT2D eigenvalue weighted by atomic mass is 10.2. The van der Waals surface area contributed by atoms with Crippen LogP contribution < -0.4 is 15.5 Å². The fourth-order valence-corrected chi connectivity index (χ4v) is 2.36. The van der Waals surface area contributed by atoms with Crippen LogP contribution in [0.3, 0.4) is 0 Å². The second-order valence-corrected chi connectivity index (χ2v) is 5.86. The van der Waals surface area contributed by atoms with Crippen LogP contribution in [0.25, 0.3) is 0 Å². The summed E-state index contributed by atoms with van der Waals surface area (Å²) in [6, 6.07) is 7.77. The lowest BCUT2D eigenvalue weighted by molar-refractivity contribution is 0.790. The van der Waals surface area contributed by atoms with E-state index >= 15 is 0 Å². The Hall–Kier alpha value is -2.34. The van der Waals surface area contributed by atoms with E-state index < -0.39 is 0 Å². The summed E-state index contributed by atoms with van der Waals surface area (Å²) in [4.78, 5) is 14.7. The molecule has 0 atom stereocenters.